The highest BCUT2D eigenvalue weighted by atomic mass is 16.5. The van der Waals surface area contributed by atoms with Crippen LogP contribution in [0, 0.1) is 0 Å². The molecule has 0 amide bonds. The van der Waals surface area contributed by atoms with E-state index < -0.39 is 6.09 Å². The van der Waals surface area contributed by atoms with E-state index in [-0.39, 0.29) is 0 Å². The lowest BCUT2D eigenvalue weighted by atomic mass is 9.94. The van der Waals surface area contributed by atoms with E-state index in [1.165, 1.54) is 17.1 Å². The second kappa shape index (κ2) is 6.52. The summed E-state index contributed by atoms with van der Waals surface area (Å²) in [4.78, 5) is 19.7. The number of hydrogen-bond acceptors (Lipinski definition) is 5. The van der Waals surface area contributed by atoms with Gasteiger partial charge in [-0.25, -0.2) is 14.8 Å². The Kier molecular flexibility index (Phi) is 4.07. The fourth-order valence-corrected chi connectivity index (χ4v) is 3.22. The second-order valence-electron chi connectivity index (χ2n) is 6.10. The molecule has 3 heterocycles. The number of aromatic nitrogens is 3. The van der Waals surface area contributed by atoms with E-state index in [1.807, 2.05) is 6.07 Å². The third kappa shape index (κ3) is 3.18. The quantitative estimate of drug-likeness (QED) is 0.762. The number of rotatable bonds is 3. The summed E-state index contributed by atoms with van der Waals surface area (Å²) in [5.41, 5.74) is 1.63. The summed E-state index contributed by atoms with van der Waals surface area (Å²) < 4.78 is 7.04. The zero-order valence-corrected chi connectivity index (χ0v) is 13.6. The van der Waals surface area contributed by atoms with Crippen molar-refractivity contribution in [3.8, 4) is 11.6 Å². The van der Waals surface area contributed by atoms with E-state index >= 15 is 0 Å². The van der Waals surface area contributed by atoms with Gasteiger partial charge in [0.25, 0.3) is 0 Å². The first-order valence-electron chi connectivity index (χ1n) is 8.25. The van der Waals surface area contributed by atoms with E-state index in [4.69, 9.17) is 9.84 Å². The van der Waals surface area contributed by atoms with Crippen molar-refractivity contribution in [1.82, 2.24) is 19.9 Å². The van der Waals surface area contributed by atoms with Crippen molar-refractivity contribution >= 4 is 17.0 Å². The van der Waals surface area contributed by atoms with Gasteiger partial charge in [-0.15, -0.1) is 0 Å². The number of benzene rings is 1. The Bertz CT molecular complexity index is 916. The average molecular weight is 338 g/mol. The molecule has 1 aliphatic heterocycles. The standard InChI is InChI=1S/C18H18N4O3/c23-18(24)22-8-5-13-9-14(1-2-16(13)22)25-17-10-15(20-11-21-17)12-3-6-19-7-4-12/h1-2,5,8-12,19H,3-4,6-7H2,(H,23,24). The average Bonchev–Trinajstić information content (AvgIpc) is 3.06. The molecular formula is C18H18N4O3. The molecule has 2 aromatic heterocycles. The number of nitrogens with zero attached hydrogens (tertiary/aromatic N) is 3. The van der Waals surface area contributed by atoms with Crippen LogP contribution in [0.2, 0.25) is 0 Å². The molecule has 7 heteroatoms. The first-order chi connectivity index (χ1) is 12.2. The fourth-order valence-electron chi connectivity index (χ4n) is 3.22. The van der Waals surface area contributed by atoms with Crippen LogP contribution in [-0.2, 0) is 0 Å². The fraction of sp³-hybridized carbons (Fsp3) is 0.278. The van der Waals surface area contributed by atoms with Crippen molar-refractivity contribution in [1.29, 1.82) is 0 Å². The van der Waals surface area contributed by atoms with Crippen molar-refractivity contribution in [2.24, 2.45) is 0 Å². The third-order valence-corrected chi connectivity index (χ3v) is 4.51. The normalized spacial score (nSPS) is 15.4. The largest absolute Gasteiger partial charge is 0.464 e. The number of hydrogen-bond donors (Lipinski definition) is 2. The second-order valence-corrected chi connectivity index (χ2v) is 6.10. The van der Waals surface area contributed by atoms with Crippen LogP contribution in [0.4, 0.5) is 4.79 Å². The molecule has 4 rings (SSSR count). The van der Waals surface area contributed by atoms with Crippen molar-refractivity contribution < 1.29 is 14.6 Å². The molecule has 3 aromatic rings. The van der Waals surface area contributed by atoms with Crippen LogP contribution >= 0.6 is 0 Å². The van der Waals surface area contributed by atoms with E-state index in [1.54, 1.807) is 24.3 Å². The summed E-state index contributed by atoms with van der Waals surface area (Å²) in [6, 6.07) is 8.92. The molecule has 0 aliphatic carbocycles. The topological polar surface area (TPSA) is 89.3 Å². The molecule has 0 saturated carbocycles. The van der Waals surface area contributed by atoms with Gasteiger partial charge in [0.2, 0.25) is 5.88 Å². The Morgan fingerprint density at radius 2 is 2.04 bits per heavy atom. The maximum absolute atomic E-state index is 11.2. The van der Waals surface area contributed by atoms with Crippen molar-refractivity contribution in [3.05, 3.63) is 48.5 Å². The van der Waals surface area contributed by atoms with E-state index in [0.717, 1.165) is 37.0 Å². The lowest BCUT2D eigenvalue weighted by Crippen LogP contribution is -2.27. The SMILES string of the molecule is O=C(O)n1ccc2cc(Oc3cc(C4CCNCC4)ncn3)ccc21. The summed E-state index contributed by atoms with van der Waals surface area (Å²) >= 11 is 0. The number of piperidine rings is 1. The highest BCUT2D eigenvalue weighted by molar-refractivity contribution is 5.89. The third-order valence-electron chi connectivity index (χ3n) is 4.51. The summed E-state index contributed by atoms with van der Waals surface area (Å²) in [5, 5.41) is 13.3. The van der Waals surface area contributed by atoms with Crippen LogP contribution in [0.15, 0.2) is 42.9 Å². The van der Waals surface area contributed by atoms with Gasteiger partial charge in [-0.1, -0.05) is 0 Å². The minimum atomic E-state index is -1.01. The van der Waals surface area contributed by atoms with Crippen molar-refractivity contribution in [2.75, 3.05) is 13.1 Å². The van der Waals surface area contributed by atoms with Gasteiger partial charge < -0.3 is 15.2 Å². The molecule has 25 heavy (non-hydrogen) atoms. The van der Waals surface area contributed by atoms with Gasteiger partial charge >= 0.3 is 6.09 Å². The molecule has 0 unspecified atom stereocenters. The molecule has 0 spiro atoms. The van der Waals surface area contributed by atoms with Gasteiger partial charge in [0, 0.05) is 23.6 Å². The molecule has 2 N–H and O–H groups in total. The van der Waals surface area contributed by atoms with Crippen molar-refractivity contribution in [3.63, 3.8) is 0 Å². The highest BCUT2D eigenvalue weighted by Crippen LogP contribution is 2.28. The molecule has 0 bridgehead atoms. The van der Waals surface area contributed by atoms with E-state index in [9.17, 15) is 4.79 Å². The summed E-state index contributed by atoms with van der Waals surface area (Å²) in [7, 11) is 0. The number of carboxylic acid groups (broad SMARTS) is 1. The number of fused-ring (bicyclic) bond motifs is 1. The molecule has 128 valence electrons. The van der Waals surface area contributed by atoms with Gasteiger partial charge in [-0.05, 0) is 50.2 Å². The van der Waals surface area contributed by atoms with Gasteiger partial charge in [0.05, 0.1) is 11.2 Å². The van der Waals surface area contributed by atoms with Gasteiger partial charge in [-0.2, -0.15) is 0 Å². The van der Waals surface area contributed by atoms with Crippen LogP contribution < -0.4 is 10.1 Å². The molecule has 1 aliphatic rings. The Labute approximate surface area is 144 Å². The Morgan fingerprint density at radius 1 is 1.20 bits per heavy atom. The lowest BCUT2D eigenvalue weighted by molar-refractivity contribution is 0.197. The zero-order valence-electron chi connectivity index (χ0n) is 13.6. The maximum atomic E-state index is 11.2. The smallest absolute Gasteiger partial charge is 0.415 e. The first kappa shape index (κ1) is 15.6. The van der Waals surface area contributed by atoms with Gasteiger partial charge in [0.1, 0.15) is 12.1 Å². The van der Waals surface area contributed by atoms with E-state index in [2.05, 4.69) is 15.3 Å². The zero-order chi connectivity index (χ0) is 17.2. The van der Waals surface area contributed by atoms with Crippen LogP contribution in [0.3, 0.4) is 0 Å². The Balaban J connectivity index is 1.57. The van der Waals surface area contributed by atoms with Crippen LogP contribution in [-0.4, -0.2) is 38.8 Å². The Hall–Kier alpha value is -2.93. The lowest BCUT2D eigenvalue weighted by Gasteiger charge is -2.22. The van der Waals surface area contributed by atoms with Gasteiger partial charge in [0.15, 0.2) is 0 Å². The number of carbonyl (C=O) groups is 1. The molecular weight excluding hydrogens is 320 g/mol. The van der Waals surface area contributed by atoms with Gasteiger partial charge in [-0.3, -0.25) is 4.57 Å². The van der Waals surface area contributed by atoms with Crippen LogP contribution in [0.1, 0.15) is 24.5 Å². The molecule has 1 saturated heterocycles. The Morgan fingerprint density at radius 3 is 2.84 bits per heavy atom. The molecule has 1 aromatic carbocycles. The molecule has 7 nitrogen and oxygen atoms in total. The highest BCUT2D eigenvalue weighted by Gasteiger charge is 2.17. The summed E-state index contributed by atoms with van der Waals surface area (Å²) in [5.74, 6) is 1.55. The van der Waals surface area contributed by atoms with Crippen LogP contribution in [0.5, 0.6) is 11.6 Å². The predicted octanol–water partition coefficient (Wildman–Crippen LogP) is 3.22. The first-order valence-corrected chi connectivity index (χ1v) is 8.25. The maximum Gasteiger partial charge on any atom is 0.415 e. The molecule has 0 atom stereocenters. The van der Waals surface area contributed by atoms with Crippen LogP contribution in [0.25, 0.3) is 10.9 Å². The summed E-state index contributed by atoms with van der Waals surface area (Å²) in [6.07, 6.45) is 4.17. The number of ether oxygens (including phenoxy) is 1. The number of nitrogens with one attached hydrogen (secondary N) is 1. The van der Waals surface area contributed by atoms with Crippen molar-refractivity contribution in [2.45, 2.75) is 18.8 Å². The molecule has 1 fully saturated rings. The summed E-state index contributed by atoms with van der Waals surface area (Å²) in [6.45, 7) is 2.00. The molecule has 0 radical (unpaired) electrons. The minimum Gasteiger partial charge on any atom is -0.464 e. The monoisotopic (exact) mass is 338 g/mol. The minimum absolute atomic E-state index is 0.429. The predicted molar refractivity (Wildman–Crippen MR) is 92.3 cm³/mol. The van der Waals surface area contributed by atoms with E-state index in [0.29, 0.717) is 23.1 Å².